The molecule has 0 fully saturated rings. The lowest BCUT2D eigenvalue weighted by molar-refractivity contribution is -0.137. The molecule has 2 heterocycles. The fraction of sp³-hybridized carbons (Fsp3) is 0.500. The third-order valence-corrected chi connectivity index (χ3v) is 10.9. The van der Waals surface area contributed by atoms with Gasteiger partial charge in [-0.1, -0.05) is 70.9 Å². The second-order valence-corrected chi connectivity index (χ2v) is 14.4. The van der Waals surface area contributed by atoms with E-state index in [1.807, 2.05) is 27.7 Å². The molecule has 2 N–H and O–H groups in total. The number of hydrogen-bond donors (Lipinski definition) is 2. The molecular formula is C40H46F4N4O6. The summed E-state index contributed by atoms with van der Waals surface area (Å²) in [4.78, 5) is 62.2. The number of alkyl halides is 3. The summed E-state index contributed by atoms with van der Waals surface area (Å²) in [6, 6.07) is 9.77. The van der Waals surface area contributed by atoms with Crippen LogP contribution in [0, 0.1) is 23.6 Å². The summed E-state index contributed by atoms with van der Waals surface area (Å²) in [7, 11) is 0. The number of aryl methyl sites for hydroxylation is 1. The number of nitrogens with zero attached hydrogens (tertiary/aromatic N) is 2. The molecule has 5 rings (SSSR count). The Kier molecular flexibility index (Phi) is 12.4. The highest BCUT2D eigenvalue weighted by molar-refractivity contribution is 5.97. The van der Waals surface area contributed by atoms with Crippen LogP contribution in [-0.2, 0) is 44.6 Å². The van der Waals surface area contributed by atoms with E-state index < -0.39 is 52.6 Å². The van der Waals surface area contributed by atoms with Crippen LogP contribution in [0.25, 0.3) is 10.9 Å². The maximum absolute atomic E-state index is 14.9. The fourth-order valence-electron chi connectivity index (χ4n) is 7.33. The van der Waals surface area contributed by atoms with Crippen molar-refractivity contribution in [3.05, 3.63) is 82.4 Å². The SMILES string of the molecule is CCOC(=O)c1noc([C@@H](CC(=O)[C@@]2(NC(=O)[C@H](CC(=O)Cc3ccccc3F)C(C)CC)CCc3[nH]c4c(C(F)(F)F)cccc4c3C2)C(C)CC)n1. The van der Waals surface area contributed by atoms with Crippen LogP contribution < -0.4 is 5.32 Å². The fourth-order valence-corrected chi connectivity index (χ4v) is 7.33. The minimum absolute atomic E-state index is 0.0388. The molecule has 2 aromatic carbocycles. The van der Waals surface area contributed by atoms with E-state index in [1.54, 1.807) is 19.1 Å². The first-order valence-corrected chi connectivity index (χ1v) is 18.4. The number of nitrogens with one attached hydrogen (secondary N) is 2. The van der Waals surface area contributed by atoms with Crippen molar-refractivity contribution in [3.63, 3.8) is 0 Å². The van der Waals surface area contributed by atoms with Crippen molar-refractivity contribution in [1.29, 1.82) is 0 Å². The van der Waals surface area contributed by atoms with Crippen molar-refractivity contribution in [2.75, 3.05) is 6.61 Å². The monoisotopic (exact) mass is 754 g/mol. The van der Waals surface area contributed by atoms with Gasteiger partial charge in [-0.05, 0) is 60.0 Å². The zero-order valence-corrected chi connectivity index (χ0v) is 31.1. The number of carbonyl (C=O) groups is 4. The molecule has 5 atom stereocenters. The molecule has 1 amide bonds. The van der Waals surface area contributed by atoms with E-state index in [1.165, 1.54) is 24.3 Å². The van der Waals surface area contributed by atoms with Crippen LogP contribution >= 0.6 is 0 Å². The Bertz CT molecular complexity index is 2000. The van der Waals surface area contributed by atoms with Crippen molar-refractivity contribution < 1.29 is 46.0 Å². The van der Waals surface area contributed by atoms with Gasteiger partial charge in [-0.25, -0.2) is 9.18 Å². The second kappa shape index (κ2) is 16.6. The van der Waals surface area contributed by atoms with Gasteiger partial charge in [-0.3, -0.25) is 14.4 Å². The lowest BCUT2D eigenvalue weighted by Gasteiger charge is -2.39. The Morgan fingerprint density at radius 2 is 1.72 bits per heavy atom. The number of benzene rings is 2. The first kappa shape index (κ1) is 40.3. The van der Waals surface area contributed by atoms with Gasteiger partial charge in [-0.2, -0.15) is 18.2 Å². The zero-order valence-electron chi connectivity index (χ0n) is 31.1. The third-order valence-electron chi connectivity index (χ3n) is 10.9. The highest BCUT2D eigenvalue weighted by Gasteiger charge is 2.47. The van der Waals surface area contributed by atoms with Gasteiger partial charge in [0.2, 0.25) is 11.8 Å². The van der Waals surface area contributed by atoms with Gasteiger partial charge in [0.25, 0.3) is 5.82 Å². The summed E-state index contributed by atoms with van der Waals surface area (Å²) in [6.07, 6.45) is -4.07. The molecule has 0 saturated carbocycles. The molecule has 0 bridgehead atoms. The second-order valence-electron chi connectivity index (χ2n) is 14.4. The molecule has 0 saturated heterocycles. The molecule has 0 radical (unpaired) electrons. The number of amides is 1. The molecule has 4 aromatic rings. The summed E-state index contributed by atoms with van der Waals surface area (Å²) < 4.78 is 67.1. The van der Waals surface area contributed by atoms with Crippen molar-refractivity contribution in [1.82, 2.24) is 20.4 Å². The van der Waals surface area contributed by atoms with E-state index in [0.717, 1.165) is 6.07 Å². The van der Waals surface area contributed by atoms with E-state index in [-0.39, 0.29) is 85.5 Å². The summed E-state index contributed by atoms with van der Waals surface area (Å²) in [5.74, 6) is -4.97. The molecule has 290 valence electrons. The number of H-pyrrole nitrogens is 1. The van der Waals surface area contributed by atoms with Crippen LogP contribution in [0.5, 0.6) is 0 Å². The van der Waals surface area contributed by atoms with Crippen LogP contribution in [0.1, 0.15) is 112 Å². The Morgan fingerprint density at radius 1 is 1.00 bits per heavy atom. The molecule has 2 aromatic heterocycles. The predicted octanol–water partition coefficient (Wildman–Crippen LogP) is 7.88. The molecule has 1 aliphatic rings. The van der Waals surface area contributed by atoms with Crippen LogP contribution in [0.4, 0.5) is 17.6 Å². The first-order chi connectivity index (χ1) is 25.6. The van der Waals surface area contributed by atoms with Crippen molar-refractivity contribution in [2.45, 2.75) is 104 Å². The Morgan fingerprint density at radius 3 is 2.39 bits per heavy atom. The predicted molar refractivity (Wildman–Crippen MR) is 191 cm³/mol. The van der Waals surface area contributed by atoms with Gasteiger partial charge in [0.1, 0.15) is 17.1 Å². The Hall–Kier alpha value is -4.88. The van der Waals surface area contributed by atoms with Gasteiger partial charge in [0, 0.05) is 48.6 Å². The summed E-state index contributed by atoms with van der Waals surface area (Å²) in [5.41, 5.74) is -1.31. The van der Waals surface area contributed by atoms with Crippen molar-refractivity contribution >= 4 is 34.3 Å². The minimum Gasteiger partial charge on any atom is -0.460 e. The summed E-state index contributed by atoms with van der Waals surface area (Å²) in [5, 5.41) is 7.09. The third kappa shape index (κ3) is 8.57. The molecule has 10 nitrogen and oxygen atoms in total. The van der Waals surface area contributed by atoms with E-state index in [0.29, 0.717) is 29.5 Å². The first-order valence-electron chi connectivity index (χ1n) is 18.4. The summed E-state index contributed by atoms with van der Waals surface area (Å²) in [6.45, 7) is 9.21. The Labute approximate surface area is 310 Å². The number of aromatic nitrogens is 3. The van der Waals surface area contributed by atoms with Crippen LogP contribution in [0.2, 0.25) is 0 Å². The average Bonchev–Trinajstić information content (AvgIpc) is 3.78. The number of fused-ring (bicyclic) bond motifs is 3. The lowest BCUT2D eigenvalue weighted by atomic mass is 9.72. The van der Waals surface area contributed by atoms with Crippen LogP contribution in [0.15, 0.2) is 47.0 Å². The number of halogens is 4. The molecule has 54 heavy (non-hydrogen) atoms. The number of rotatable bonds is 16. The zero-order chi connectivity index (χ0) is 39.4. The smallest absolute Gasteiger partial charge is 0.418 e. The normalized spacial score (nSPS) is 18.0. The number of ether oxygens (including phenoxy) is 1. The van der Waals surface area contributed by atoms with Crippen molar-refractivity contribution in [3.8, 4) is 0 Å². The average molecular weight is 755 g/mol. The topological polar surface area (TPSA) is 144 Å². The molecule has 2 unspecified atom stereocenters. The van der Waals surface area contributed by atoms with Crippen molar-refractivity contribution in [2.24, 2.45) is 17.8 Å². The van der Waals surface area contributed by atoms with Gasteiger partial charge in [0.15, 0.2) is 5.78 Å². The number of hydrogen-bond acceptors (Lipinski definition) is 8. The number of para-hydroxylation sites is 1. The number of ketones is 2. The number of Topliss-reactive ketones (excluding diaryl/α,β-unsaturated/α-hetero) is 2. The Balaban J connectivity index is 1.53. The highest BCUT2D eigenvalue weighted by atomic mass is 19.4. The molecular weight excluding hydrogens is 708 g/mol. The quantitative estimate of drug-likeness (QED) is 0.0869. The standard InChI is InChI=1S/C40H46F4N4O6/c1-6-22(4)27(19-25(49)18-24-12-9-10-15-31(24)41)36(51)47-39(17-16-32-29(21-39)26-13-11-14-30(34(26)45-32)40(42,43)44)33(50)20-28(23(5)7-2)37-46-35(48-54-37)38(52)53-8-3/h9-15,22-23,27-28,45H,6-8,16-21H2,1-5H3,(H,47,51)/t22?,23?,27-,28+,39-/m1/s1. The maximum Gasteiger partial charge on any atom is 0.418 e. The van der Waals surface area contributed by atoms with Gasteiger partial charge < -0.3 is 19.6 Å². The minimum atomic E-state index is -4.64. The highest BCUT2D eigenvalue weighted by Crippen LogP contribution is 2.42. The van der Waals surface area contributed by atoms with Crippen LogP contribution in [-0.4, -0.2) is 50.7 Å². The molecule has 0 spiro atoms. The van der Waals surface area contributed by atoms with Gasteiger partial charge in [0.05, 0.1) is 17.7 Å². The number of carbonyl (C=O) groups excluding carboxylic acids is 4. The van der Waals surface area contributed by atoms with Gasteiger partial charge in [-0.15, -0.1) is 0 Å². The summed E-state index contributed by atoms with van der Waals surface area (Å²) >= 11 is 0. The van der Waals surface area contributed by atoms with E-state index in [4.69, 9.17) is 9.26 Å². The number of aromatic amines is 1. The molecule has 1 aliphatic carbocycles. The molecule has 14 heteroatoms. The largest absolute Gasteiger partial charge is 0.460 e. The van der Waals surface area contributed by atoms with E-state index >= 15 is 0 Å². The maximum atomic E-state index is 14.9. The van der Waals surface area contributed by atoms with Crippen LogP contribution in [0.3, 0.4) is 0 Å². The van der Waals surface area contributed by atoms with E-state index in [9.17, 15) is 36.7 Å². The van der Waals surface area contributed by atoms with Gasteiger partial charge >= 0.3 is 12.1 Å². The molecule has 0 aliphatic heterocycles. The lowest BCUT2D eigenvalue weighted by Crippen LogP contribution is -2.59. The number of esters is 1. The van der Waals surface area contributed by atoms with E-state index in [2.05, 4.69) is 20.4 Å².